The van der Waals surface area contributed by atoms with Crippen molar-refractivity contribution >= 4 is 11.9 Å². The first-order valence-corrected chi connectivity index (χ1v) is 25.4. The first-order valence-electron chi connectivity index (χ1n) is 25.4. The van der Waals surface area contributed by atoms with Gasteiger partial charge in [0.15, 0.2) is 46.0 Å². The van der Waals surface area contributed by atoms with Crippen molar-refractivity contribution in [1.29, 1.82) is 0 Å². The van der Waals surface area contributed by atoms with Crippen molar-refractivity contribution in [2.24, 2.45) is 0 Å². The van der Waals surface area contributed by atoms with Gasteiger partial charge in [-0.05, 0) is 78.1 Å². The zero-order chi connectivity index (χ0) is 52.7. The predicted octanol–water partition coefficient (Wildman–Crippen LogP) is 3.07. The van der Waals surface area contributed by atoms with Crippen molar-refractivity contribution in [1.82, 2.24) is 0 Å². The van der Waals surface area contributed by atoms with Gasteiger partial charge in [0.2, 0.25) is 11.5 Å². The van der Waals surface area contributed by atoms with E-state index in [1.54, 1.807) is 71.1 Å². The molecular weight excluding hydrogens is 1010 g/mol. The summed E-state index contributed by atoms with van der Waals surface area (Å²) in [6.07, 6.45) is 7.53. The fourth-order valence-electron chi connectivity index (χ4n) is 11.0. The molecule has 0 unspecified atom stereocenters. The molecule has 2 aliphatic heterocycles. The van der Waals surface area contributed by atoms with Crippen LogP contribution in [0.4, 0.5) is 0 Å². The summed E-state index contributed by atoms with van der Waals surface area (Å²) in [4.78, 5) is 25.8. The maximum atomic E-state index is 12.9. The molecule has 0 aliphatic carbocycles. The van der Waals surface area contributed by atoms with Crippen LogP contribution >= 0.6 is 0 Å². The van der Waals surface area contributed by atoms with Crippen LogP contribution in [0.2, 0.25) is 0 Å². The molecule has 0 aromatic heterocycles. The van der Waals surface area contributed by atoms with E-state index < -0.39 is 0 Å². The Kier molecular flexibility index (Phi) is 23.9. The molecule has 0 spiro atoms. The first-order chi connectivity index (χ1) is 35.3. The molecule has 0 saturated carbocycles. The lowest BCUT2D eigenvalue weighted by atomic mass is 9.85. The summed E-state index contributed by atoms with van der Waals surface area (Å²) in [5.41, 5.74) is 6.81. The molecule has 0 saturated heterocycles. The third-order valence-corrected chi connectivity index (χ3v) is 14.9. The Morgan fingerprint density at radius 3 is 1.28 bits per heavy atom. The lowest BCUT2D eigenvalue weighted by molar-refractivity contribution is -0.941. The monoisotopic (exact) mass is 1090 g/mol. The molecular formula is C57H80Cl2N2O14. The number of carbonyl (C=O) groups excluding carboxylic acids is 2. The van der Waals surface area contributed by atoms with Crippen molar-refractivity contribution < 1.29 is 100 Å². The molecule has 416 valence electrons. The van der Waals surface area contributed by atoms with Gasteiger partial charge in [-0.15, -0.1) is 0 Å². The molecule has 0 N–H and O–H groups in total. The molecule has 2 aliphatic rings. The Morgan fingerprint density at radius 1 is 0.453 bits per heavy atom. The van der Waals surface area contributed by atoms with E-state index >= 15 is 0 Å². The van der Waals surface area contributed by atoms with Gasteiger partial charge in [0, 0.05) is 61.6 Å². The second kappa shape index (κ2) is 29.0. The quantitative estimate of drug-likeness (QED) is 0.0467. The minimum absolute atomic E-state index is 0. The summed E-state index contributed by atoms with van der Waals surface area (Å²) < 4.78 is 70.0. The number of unbranched alkanes of at least 4 members (excludes halogenated alkanes) is 3. The van der Waals surface area contributed by atoms with Crippen LogP contribution in [-0.2, 0) is 38.3 Å². The summed E-state index contributed by atoms with van der Waals surface area (Å²) in [6, 6.07) is 16.4. The number of esters is 2. The highest BCUT2D eigenvalue weighted by Crippen LogP contribution is 2.49. The largest absolute Gasteiger partial charge is 1.00 e. The van der Waals surface area contributed by atoms with Crippen molar-refractivity contribution in [3.63, 3.8) is 0 Å². The molecule has 0 fully saturated rings. The SMILES string of the molecule is COc1cc2c(cc1OC)[C@@H](c1cc(OC)c(OC)c(OC)c1)[N@+](C)(CCCOC(=O)CCCCCCC(=O)OCCC[N@+]1(C)CCc3cc(OC)c(OC)cc3[C@H]1Cc1cc(OC)c(OC)c(OC)c1)CC2.[Cl-].[Cl-]. The van der Waals surface area contributed by atoms with Crippen molar-refractivity contribution in [3.8, 4) is 57.5 Å². The van der Waals surface area contributed by atoms with E-state index in [-0.39, 0.29) is 48.8 Å². The maximum absolute atomic E-state index is 12.9. The van der Waals surface area contributed by atoms with Crippen molar-refractivity contribution in [3.05, 3.63) is 81.9 Å². The number of likely N-dealkylation sites (N-methyl/N-ethyl adjacent to an activating group) is 2. The van der Waals surface area contributed by atoms with Gasteiger partial charge in [-0.2, -0.15) is 0 Å². The molecule has 0 radical (unpaired) electrons. The average Bonchev–Trinajstić information content (AvgIpc) is 3.41. The smallest absolute Gasteiger partial charge is 0.305 e. The Bertz CT molecular complexity index is 2460. The topological polar surface area (TPSA) is 145 Å². The van der Waals surface area contributed by atoms with Crippen LogP contribution < -0.4 is 72.2 Å². The van der Waals surface area contributed by atoms with E-state index in [9.17, 15) is 9.59 Å². The molecule has 4 aromatic carbocycles. The number of nitrogens with zero attached hydrogens (tertiary/aromatic N) is 2. The predicted molar refractivity (Wildman–Crippen MR) is 278 cm³/mol. The summed E-state index contributed by atoms with van der Waals surface area (Å²) in [5, 5.41) is 0. The Hall–Kier alpha value is -5.68. The normalized spacial score (nSPS) is 18.3. The molecule has 16 nitrogen and oxygen atoms in total. The molecule has 4 aromatic rings. The molecule has 75 heavy (non-hydrogen) atoms. The number of carbonyl (C=O) groups is 2. The minimum Gasteiger partial charge on any atom is -1.00 e. The summed E-state index contributed by atoms with van der Waals surface area (Å²) in [5.74, 6) is 5.81. The van der Waals surface area contributed by atoms with Crippen LogP contribution in [0.15, 0.2) is 48.5 Å². The summed E-state index contributed by atoms with van der Waals surface area (Å²) in [6.45, 7) is 3.98. The number of ether oxygens (including phenoxy) is 12. The van der Waals surface area contributed by atoms with Crippen LogP contribution in [0.5, 0.6) is 57.5 Å². The van der Waals surface area contributed by atoms with Gasteiger partial charge in [-0.1, -0.05) is 12.8 Å². The summed E-state index contributed by atoms with van der Waals surface area (Å²) >= 11 is 0. The van der Waals surface area contributed by atoms with Gasteiger partial charge in [-0.25, -0.2) is 0 Å². The fraction of sp³-hybridized carbons (Fsp3) is 0.544. The van der Waals surface area contributed by atoms with E-state index in [2.05, 4.69) is 38.4 Å². The van der Waals surface area contributed by atoms with Gasteiger partial charge in [0.05, 0.1) is 125 Å². The van der Waals surface area contributed by atoms with E-state index in [0.29, 0.717) is 120 Å². The van der Waals surface area contributed by atoms with E-state index in [1.165, 1.54) is 16.7 Å². The maximum Gasteiger partial charge on any atom is 0.305 e. The lowest BCUT2D eigenvalue weighted by Gasteiger charge is -2.46. The molecule has 6 rings (SSSR count). The van der Waals surface area contributed by atoms with E-state index in [0.717, 1.165) is 73.0 Å². The van der Waals surface area contributed by atoms with Crippen molar-refractivity contribution in [2.45, 2.75) is 82.7 Å². The molecule has 0 amide bonds. The number of hydrogen-bond acceptors (Lipinski definition) is 14. The highest BCUT2D eigenvalue weighted by Gasteiger charge is 2.43. The third kappa shape index (κ3) is 14.6. The Morgan fingerprint density at radius 2 is 0.840 bits per heavy atom. The number of benzene rings is 4. The first kappa shape index (κ1) is 61.9. The van der Waals surface area contributed by atoms with Gasteiger partial charge in [-0.3, -0.25) is 9.59 Å². The number of rotatable bonds is 28. The highest BCUT2D eigenvalue weighted by atomic mass is 35.5. The Balaban J connectivity index is 0.00000608. The van der Waals surface area contributed by atoms with Crippen LogP contribution in [0.25, 0.3) is 0 Å². The molecule has 0 bridgehead atoms. The molecule has 4 atom stereocenters. The summed E-state index contributed by atoms with van der Waals surface area (Å²) in [7, 11) is 20.8. The van der Waals surface area contributed by atoms with Gasteiger partial charge in [0.1, 0.15) is 12.1 Å². The van der Waals surface area contributed by atoms with Crippen LogP contribution in [0, 0.1) is 0 Å². The zero-order valence-electron chi connectivity index (χ0n) is 46.2. The van der Waals surface area contributed by atoms with Gasteiger partial charge < -0.3 is 90.6 Å². The second-order valence-electron chi connectivity index (χ2n) is 19.3. The van der Waals surface area contributed by atoms with Crippen LogP contribution in [0.1, 0.15) is 96.8 Å². The Labute approximate surface area is 457 Å². The van der Waals surface area contributed by atoms with Crippen LogP contribution in [0.3, 0.4) is 0 Å². The van der Waals surface area contributed by atoms with Gasteiger partial charge in [0.25, 0.3) is 0 Å². The molecule has 18 heteroatoms. The molecule has 2 heterocycles. The number of hydrogen-bond donors (Lipinski definition) is 0. The van der Waals surface area contributed by atoms with Crippen LogP contribution in [-0.4, -0.2) is 145 Å². The number of quaternary nitrogens is 2. The van der Waals surface area contributed by atoms with Crippen molar-refractivity contribution in [2.75, 3.05) is 125 Å². The highest BCUT2D eigenvalue weighted by molar-refractivity contribution is 5.69. The lowest BCUT2D eigenvalue weighted by Crippen LogP contribution is -3.00. The fourth-order valence-corrected chi connectivity index (χ4v) is 11.0. The third-order valence-electron chi connectivity index (χ3n) is 14.9. The van der Waals surface area contributed by atoms with Gasteiger partial charge >= 0.3 is 11.9 Å². The van der Waals surface area contributed by atoms with E-state index in [4.69, 9.17) is 56.8 Å². The second-order valence-corrected chi connectivity index (χ2v) is 19.3. The number of halogens is 2. The van der Waals surface area contributed by atoms with E-state index in [1.807, 2.05) is 24.3 Å². The average molecular weight is 1090 g/mol. The zero-order valence-corrected chi connectivity index (χ0v) is 47.7. The number of fused-ring (bicyclic) bond motifs is 2. The standard InChI is InChI=1S/C57H80N2O14.2ClH/c1-58(25-21-39-32-45(62-3)47(64-5)36-42(39)44(58)29-38-30-49(66-7)56(70-11)50(31-38)67-8)23-17-27-72-53(60)19-15-13-14-16-20-54(61)73-28-18-24-59(2)26-22-40-33-46(63-4)48(65-6)37-43(40)55(59)41-34-51(68-9)57(71-12)52(35-41)69-10;;/h30-37,44,55H,13-29H2,1-12H3;2*1H/q+2;;/p-2/t44-,55-,58-,59-;;/m1../s1. The number of methoxy groups -OCH3 is 10. The minimum atomic E-state index is -0.206.